The van der Waals surface area contributed by atoms with Crippen LogP contribution < -0.4 is 5.84 Å². The lowest BCUT2D eigenvalue weighted by molar-refractivity contribution is 0.0739. The second-order valence-corrected chi connectivity index (χ2v) is 3.71. The summed E-state index contributed by atoms with van der Waals surface area (Å²) in [6, 6.07) is 0.729. The Hall–Kier alpha value is -0.0800. The fourth-order valence-corrected chi connectivity index (χ4v) is 2.34. The summed E-state index contributed by atoms with van der Waals surface area (Å²) in [5.74, 6) is 6.83. The molecule has 2 N–H and O–H groups in total. The SMILES string of the molecule is NN1CCC2CCCC1C2. The van der Waals surface area contributed by atoms with Crippen LogP contribution in [0.4, 0.5) is 0 Å². The van der Waals surface area contributed by atoms with Gasteiger partial charge in [0.1, 0.15) is 0 Å². The van der Waals surface area contributed by atoms with Crippen molar-refractivity contribution in [3.63, 3.8) is 0 Å². The summed E-state index contributed by atoms with van der Waals surface area (Å²) in [7, 11) is 0. The van der Waals surface area contributed by atoms with E-state index in [-0.39, 0.29) is 0 Å². The van der Waals surface area contributed by atoms with Gasteiger partial charge in [0.05, 0.1) is 0 Å². The molecule has 2 nitrogen and oxygen atoms in total. The molecule has 0 radical (unpaired) electrons. The highest BCUT2D eigenvalue weighted by atomic mass is 15.4. The lowest BCUT2D eigenvalue weighted by Gasteiger charge is -2.40. The number of piperidine rings is 1. The summed E-state index contributed by atoms with van der Waals surface area (Å²) >= 11 is 0. The van der Waals surface area contributed by atoms with Crippen LogP contribution in [0, 0.1) is 5.92 Å². The third-order valence-corrected chi connectivity index (χ3v) is 3.02. The zero-order valence-electron chi connectivity index (χ0n) is 6.42. The second-order valence-electron chi connectivity index (χ2n) is 3.71. The second kappa shape index (κ2) is 2.51. The Bertz CT molecular complexity index is 122. The molecule has 1 aliphatic heterocycles. The first-order chi connectivity index (χ1) is 4.86. The molecule has 2 heteroatoms. The van der Waals surface area contributed by atoms with E-state index in [4.69, 9.17) is 5.84 Å². The lowest BCUT2D eigenvalue weighted by Crippen LogP contribution is -2.48. The van der Waals surface area contributed by atoms with Gasteiger partial charge < -0.3 is 0 Å². The standard InChI is InChI=1S/C8H16N2/c9-10-5-4-7-2-1-3-8(10)6-7/h7-8H,1-6,9H2. The molecule has 2 aliphatic rings. The third kappa shape index (κ3) is 1.06. The van der Waals surface area contributed by atoms with E-state index in [0.29, 0.717) is 0 Å². The molecule has 0 aromatic carbocycles. The minimum atomic E-state index is 0.729. The van der Waals surface area contributed by atoms with E-state index in [1.165, 1.54) is 32.1 Å². The van der Waals surface area contributed by atoms with E-state index in [2.05, 4.69) is 5.01 Å². The molecule has 1 saturated heterocycles. The van der Waals surface area contributed by atoms with Crippen molar-refractivity contribution in [1.29, 1.82) is 0 Å². The van der Waals surface area contributed by atoms with Gasteiger partial charge in [-0.25, -0.2) is 5.01 Å². The van der Waals surface area contributed by atoms with Crippen LogP contribution >= 0.6 is 0 Å². The molecule has 58 valence electrons. The maximum Gasteiger partial charge on any atom is 0.0243 e. The highest BCUT2D eigenvalue weighted by Gasteiger charge is 2.29. The van der Waals surface area contributed by atoms with E-state index in [0.717, 1.165) is 18.5 Å². The summed E-state index contributed by atoms with van der Waals surface area (Å²) in [6.45, 7) is 1.13. The third-order valence-electron chi connectivity index (χ3n) is 3.02. The Labute approximate surface area is 62.4 Å². The average molecular weight is 140 g/mol. The van der Waals surface area contributed by atoms with E-state index in [9.17, 15) is 0 Å². The van der Waals surface area contributed by atoms with Crippen LogP contribution in [-0.2, 0) is 0 Å². The Morgan fingerprint density at radius 2 is 2.10 bits per heavy atom. The summed E-state index contributed by atoms with van der Waals surface area (Å²) in [6.07, 6.45) is 6.92. The molecule has 0 aromatic rings. The first-order valence-corrected chi connectivity index (χ1v) is 4.37. The van der Waals surface area contributed by atoms with Crippen molar-refractivity contribution in [3.05, 3.63) is 0 Å². The van der Waals surface area contributed by atoms with Crippen LogP contribution in [0.2, 0.25) is 0 Å². The number of nitrogens with zero attached hydrogens (tertiary/aromatic N) is 1. The Balaban J connectivity index is 2.00. The van der Waals surface area contributed by atoms with E-state index in [1.54, 1.807) is 0 Å². The Morgan fingerprint density at radius 1 is 1.20 bits per heavy atom. The summed E-state index contributed by atoms with van der Waals surface area (Å²) in [5, 5.41) is 2.05. The largest absolute Gasteiger partial charge is 0.269 e. The maximum absolute atomic E-state index is 5.82. The molecule has 0 aromatic heterocycles. The van der Waals surface area contributed by atoms with Gasteiger partial charge in [-0.15, -0.1) is 0 Å². The minimum Gasteiger partial charge on any atom is -0.269 e. The van der Waals surface area contributed by atoms with Crippen molar-refractivity contribution < 1.29 is 0 Å². The summed E-state index contributed by atoms with van der Waals surface area (Å²) in [5.41, 5.74) is 0. The topological polar surface area (TPSA) is 29.3 Å². The van der Waals surface area contributed by atoms with E-state index >= 15 is 0 Å². The van der Waals surface area contributed by atoms with Gasteiger partial charge in [-0.3, -0.25) is 5.84 Å². The Morgan fingerprint density at radius 3 is 2.90 bits per heavy atom. The van der Waals surface area contributed by atoms with Crippen molar-refractivity contribution in [2.24, 2.45) is 11.8 Å². The first kappa shape index (κ1) is 6.62. The van der Waals surface area contributed by atoms with Gasteiger partial charge in [-0.2, -0.15) is 0 Å². The quantitative estimate of drug-likeness (QED) is 0.511. The molecule has 0 amide bonds. The van der Waals surface area contributed by atoms with E-state index < -0.39 is 0 Å². The number of hydrogen-bond donors (Lipinski definition) is 1. The van der Waals surface area contributed by atoms with Crippen LogP contribution in [0.1, 0.15) is 32.1 Å². The predicted molar refractivity (Wildman–Crippen MR) is 41.3 cm³/mol. The summed E-state index contributed by atoms with van der Waals surface area (Å²) in [4.78, 5) is 0. The zero-order chi connectivity index (χ0) is 6.97. The van der Waals surface area contributed by atoms with Gasteiger partial charge in [-0.05, 0) is 25.2 Å². The molecular formula is C8H16N2. The zero-order valence-corrected chi connectivity index (χ0v) is 6.42. The van der Waals surface area contributed by atoms with Gasteiger partial charge >= 0.3 is 0 Å². The van der Waals surface area contributed by atoms with Gasteiger partial charge in [0.2, 0.25) is 0 Å². The maximum atomic E-state index is 5.82. The first-order valence-electron chi connectivity index (χ1n) is 4.37. The normalized spacial score (nSPS) is 41.7. The van der Waals surface area contributed by atoms with E-state index in [1.807, 2.05) is 0 Å². The average Bonchev–Trinajstić information content (AvgIpc) is 1.99. The molecule has 2 fully saturated rings. The van der Waals surface area contributed by atoms with Crippen LogP contribution in [-0.4, -0.2) is 17.6 Å². The highest BCUT2D eigenvalue weighted by Crippen LogP contribution is 2.32. The predicted octanol–water partition coefficient (Wildman–Crippen LogP) is 1.12. The molecular weight excluding hydrogens is 124 g/mol. The van der Waals surface area contributed by atoms with Crippen LogP contribution in [0.15, 0.2) is 0 Å². The molecule has 2 atom stereocenters. The molecule has 1 aliphatic carbocycles. The van der Waals surface area contributed by atoms with Crippen LogP contribution in [0.25, 0.3) is 0 Å². The molecule has 2 bridgehead atoms. The lowest BCUT2D eigenvalue weighted by atomic mass is 9.80. The Kier molecular flexibility index (Phi) is 1.66. The smallest absolute Gasteiger partial charge is 0.0243 e. The molecule has 1 saturated carbocycles. The van der Waals surface area contributed by atoms with Crippen LogP contribution in [0.3, 0.4) is 0 Å². The molecule has 1 heterocycles. The fraction of sp³-hybridized carbons (Fsp3) is 1.00. The van der Waals surface area contributed by atoms with Crippen molar-refractivity contribution in [2.75, 3.05) is 6.54 Å². The van der Waals surface area contributed by atoms with Crippen molar-refractivity contribution in [3.8, 4) is 0 Å². The molecule has 2 rings (SSSR count). The molecule has 0 spiro atoms. The number of fused-ring (bicyclic) bond motifs is 2. The van der Waals surface area contributed by atoms with Gasteiger partial charge in [0.25, 0.3) is 0 Å². The minimum absolute atomic E-state index is 0.729. The molecule has 10 heavy (non-hydrogen) atoms. The van der Waals surface area contributed by atoms with Gasteiger partial charge in [0.15, 0.2) is 0 Å². The van der Waals surface area contributed by atoms with Crippen molar-refractivity contribution in [2.45, 2.75) is 38.1 Å². The van der Waals surface area contributed by atoms with Gasteiger partial charge in [0, 0.05) is 12.6 Å². The number of nitrogens with two attached hydrogens (primary N) is 1. The fourth-order valence-electron chi connectivity index (χ4n) is 2.34. The van der Waals surface area contributed by atoms with Crippen LogP contribution in [0.5, 0.6) is 0 Å². The molecule has 2 unspecified atom stereocenters. The van der Waals surface area contributed by atoms with Gasteiger partial charge in [-0.1, -0.05) is 12.8 Å². The number of hydrazine groups is 1. The van der Waals surface area contributed by atoms with Crippen molar-refractivity contribution >= 4 is 0 Å². The monoisotopic (exact) mass is 140 g/mol. The highest BCUT2D eigenvalue weighted by molar-refractivity contribution is 4.83. The number of hydrogen-bond acceptors (Lipinski definition) is 2. The summed E-state index contributed by atoms with van der Waals surface area (Å²) < 4.78 is 0. The number of rotatable bonds is 0. The van der Waals surface area contributed by atoms with Crippen molar-refractivity contribution in [1.82, 2.24) is 5.01 Å².